The monoisotopic (exact) mass is 416 g/mol. The average molecular weight is 417 g/mol. The fraction of sp³-hybridized carbons (Fsp3) is 0.167. The van der Waals surface area contributed by atoms with Gasteiger partial charge in [-0.3, -0.25) is 0 Å². The predicted octanol–water partition coefficient (Wildman–Crippen LogP) is 4.27. The molecule has 0 unspecified atom stereocenters. The molecule has 0 spiro atoms. The van der Waals surface area contributed by atoms with Crippen molar-refractivity contribution in [2.75, 3.05) is 5.08 Å². The Balaban J connectivity index is 1.78. The van der Waals surface area contributed by atoms with E-state index in [2.05, 4.69) is 10.1 Å². The topological polar surface area (TPSA) is 54.5 Å². The van der Waals surface area contributed by atoms with Gasteiger partial charge in [-0.2, -0.15) is 10.4 Å². The fourth-order valence-electron chi connectivity index (χ4n) is 2.50. The van der Waals surface area contributed by atoms with Crippen molar-refractivity contribution in [2.24, 2.45) is 0 Å². The lowest BCUT2D eigenvalue weighted by atomic mass is 10.0. The van der Waals surface area contributed by atoms with E-state index in [1.165, 1.54) is 42.4 Å². The highest BCUT2D eigenvalue weighted by Crippen LogP contribution is 2.25. The molecule has 0 aliphatic rings. The summed E-state index contributed by atoms with van der Waals surface area (Å²) in [5.74, 6) is -0.574. The lowest BCUT2D eigenvalue weighted by molar-refractivity contribution is 0.626. The van der Waals surface area contributed by atoms with Gasteiger partial charge in [-0.15, -0.1) is 0 Å². The summed E-state index contributed by atoms with van der Waals surface area (Å²) < 4.78 is 28.4. The number of hydrogen-bond donors (Lipinski definition) is 0. The van der Waals surface area contributed by atoms with Gasteiger partial charge in [-0.05, 0) is 47.2 Å². The first-order valence-corrected chi connectivity index (χ1v) is 11.2. The van der Waals surface area contributed by atoms with E-state index in [1.807, 2.05) is 5.40 Å². The van der Waals surface area contributed by atoms with E-state index in [4.69, 9.17) is 5.26 Å². The zero-order valence-electron chi connectivity index (χ0n) is 14.0. The maximum atomic E-state index is 13.3. The summed E-state index contributed by atoms with van der Waals surface area (Å²) in [7, 11) is 0.398. The first-order valence-electron chi connectivity index (χ1n) is 7.93. The molecule has 27 heavy (non-hydrogen) atoms. The van der Waals surface area contributed by atoms with Gasteiger partial charge in [0.05, 0.1) is 14.6 Å². The van der Waals surface area contributed by atoms with Crippen molar-refractivity contribution in [3.05, 3.63) is 77.6 Å². The number of thioether (sulfide) groups is 2. The molecule has 2 aromatic carbocycles. The third kappa shape index (κ3) is 5.41. The summed E-state index contributed by atoms with van der Waals surface area (Å²) in [5, 5.41) is 16.3. The molecule has 0 saturated heterocycles. The van der Waals surface area contributed by atoms with E-state index in [1.54, 1.807) is 28.9 Å². The number of nitrogens with zero attached hydrogens (tertiary/aromatic N) is 4. The molecule has 3 aromatic rings. The summed E-state index contributed by atoms with van der Waals surface area (Å²) in [4.78, 5) is 4.23. The van der Waals surface area contributed by atoms with Gasteiger partial charge in [0.25, 0.3) is 0 Å². The molecular formula is C18H14F2N4S2Si. The summed E-state index contributed by atoms with van der Waals surface area (Å²) >= 11 is 2.62. The van der Waals surface area contributed by atoms with Crippen LogP contribution in [0.3, 0.4) is 0 Å². The van der Waals surface area contributed by atoms with E-state index in [-0.39, 0.29) is 17.2 Å². The van der Waals surface area contributed by atoms with Crippen LogP contribution in [0.2, 0.25) is 0 Å². The minimum Gasteiger partial charge on any atom is -0.244 e. The molecule has 3 rings (SSSR count). The maximum absolute atomic E-state index is 13.3. The largest absolute Gasteiger partial charge is 0.244 e. The van der Waals surface area contributed by atoms with Crippen LogP contribution in [0.25, 0.3) is 0 Å². The molecule has 0 aliphatic heterocycles. The number of aromatic nitrogens is 3. The van der Waals surface area contributed by atoms with Gasteiger partial charge in [0.2, 0.25) is 0 Å². The Bertz CT molecular complexity index is 865. The van der Waals surface area contributed by atoms with Crippen LogP contribution >= 0.6 is 23.5 Å². The summed E-state index contributed by atoms with van der Waals surface area (Å²) in [6.07, 6.45) is 2.12. The normalized spacial score (nSPS) is 10.9. The molecule has 1 heterocycles. The van der Waals surface area contributed by atoms with Gasteiger partial charge in [0.1, 0.15) is 23.4 Å². The number of hydrogen-bond acceptors (Lipinski definition) is 5. The van der Waals surface area contributed by atoms with Crippen LogP contribution in [0.5, 0.6) is 0 Å². The van der Waals surface area contributed by atoms with Crippen LogP contribution in [0, 0.1) is 22.3 Å². The number of rotatable bonds is 8. The third-order valence-corrected chi connectivity index (χ3v) is 6.95. The standard InChI is InChI=1S/C18H14F2N4S2Si/c19-15-5-1-13(2-6-15)17(14-3-7-16(20)8-4-14)27-11-24-18(22-10-23-24)26-12-25-9-21/h1-8,10,17H,11-12H2. The van der Waals surface area contributed by atoms with Crippen molar-refractivity contribution in [3.8, 4) is 5.40 Å². The summed E-state index contributed by atoms with van der Waals surface area (Å²) in [6, 6.07) is 12.8. The Labute approximate surface area is 166 Å². The highest BCUT2D eigenvalue weighted by Gasteiger charge is 2.17. The van der Waals surface area contributed by atoms with Crippen molar-refractivity contribution in [1.29, 1.82) is 5.26 Å². The highest BCUT2D eigenvalue weighted by atomic mass is 32.2. The fourth-order valence-corrected chi connectivity index (χ4v) is 5.31. The molecule has 9 heteroatoms. The predicted molar refractivity (Wildman–Crippen MR) is 104 cm³/mol. The zero-order chi connectivity index (χ0) is 19.1. The lowest BCUT2D eigenvalue weighted by Gasteiger charge is -2.18. The molecule has 2 radical (unpaired) electrons. The van der Waals surface area contributed by atoms with Crippen molar-refractivity contribution < 1.29 is 8.78 Å². The van der Waals surface area contributed by atoms with Gasteiger partial charge in [0.15, 0.2) is 5.16 Å². The van der Waals surface area contributed by atoms with E-state index in [9.17, 15) is 8.78 Å². The first kappa shape index (κ1) is 19.6. The SMILES string of the molecule is N#CSCSc1ncnn1C[Si]C(c1ccc(F)cc1)c1ccc(F)cc1. The molecular weight excluding hydrogens is 402 g/mol. The molecule has 0 N–H and O–H groups in total. The van der Waals surface area contributed by atoms with Crippen LogP contribution < -0.4 is 0 Å². The van der Waals surface area contributed by atoms with E-state index in [0.29, 0.717) is 20.8 Å². The quantitative estimate of drug-likeness (QED) is 0.180. The third-order valence-electron chi connectivity index (χ3n) is 3.74. The van der Waals surface area contributed by atoms with E-state index < -0.39 is 0 Å². The highest BCUT2D eigenvalue weighted by molar-refractivity contribution is 8.18. The molecule has 136 valence electrons. The Hall–Kier alpha value is -2.15. The molecule has 4 nitrogen and oxygen atoms in total. The number of halogens is 2. The van der Waals surface area contributed by atoms with Crippen LogP contribution in [0.4, 0.5) is 8.78 Å². The minimum absolute atomic E-state index is 0.00161. The van der Waals surface area contributed by atoms with Crippen molar-refractivity contribution in [3.63, 3.8) is 0 Å². The molecule has 0 amide bonds. The van der Waals surface area contributed by atoms with Gasteiger partial charge in [-0.1, -0.05) is 36.0 Å². The molecule has 0 fully saturated rings. The van der Waals surface area contributed by atoms with E-state index in [0.717, 1.165) is 28.0 Å². The molecule has 0 atom stereocenters. The number of nitriles is 1. The van der Waals surface area contributed by atoms with Crippen LogP contribution in [-0.4, -0.2) is 29.4 Å². The Morgan fingerprint density at radius 1 is 1.04 bits per heavy atom. The van der Waals surface area contributed by atoms with Crippen molar-refractivity contribution in [1.82, 2.24) is 14.8 Å². The summed E-state index contributed by atoms with van der Waals surface area (Å²) in [6.45, 7) is 0. The van der Waals surface area contributed by atoms with Gasteiger partial charge < -0.3 is 0 Å². The molecule has 0 bridgehead atoms. The lowest BCUT2D eigenvalue weighted by Crippen LogP contribution is -2.18. The second-order valence-corrected chi connectivity index (χ2v) is 8.81. The van der Waals surface area contributed by atoms with Gasteiger partial charge in [0, 0.05) is 11.7 Å². The van der Waals surface area contributed by atoms with Crippen LogP contribution in [0.15, 0.2) is 60.0 Å². The first-order chi connectivity index (χ1) is 13.2. The van der Waals surface area contributed by atoms with E-state index >= 15 is 0 Å². The molecule has 0 saturated carbocycles. The average Bonchev–Trinajstić information content (AvgIpc) is 3.12. The van der Waals surface area contributed by atoms with Crippen molar-refractivity contribution in [2.45, 2.75) is 16.9 Å². The van der Waals surface area contributed by atoms with Crippen LogP contribution in [-0.2, 0) is 6.17 Å². The minimum atomic E-state index is -0.287. The number of benzene rings is 2. The van der Waals surface area contributed by atoms with Gasteiger partial charge in [-0.25, -0.2) is 18.4 Å². The zero-order valence-corrected chi connectivity index (χ0v) is 16.7. The van der Waals surface area contributed by atoms with Crippen molar-refractivity contribution >= 4 is 33.0 Å². The second-order valence-electron chi connectivity index (χ2n) is 5.44. The van der Waals surface area contributed by atoms with Crippen LogP contribution in [0.1, 0.15) is 16.7 Å². The second kappa shape index (κ2) is 9.69. The summed E-state index contributed by atoms with van der Waals surface area (Å²) in [5.41, 5.74) is 1.94. The van der Waals surface area contributed by atoms with Gasteiger partial charge >= 0.3 is 0 Å². The Morgan fingerprint density at radius 3 is 2.19 bits per heavy atom. The molecule has 1 aromatic heterocycles. The smallest absolute Gasteiger partial charge is 0.186 e. The Kier molecular flexibility index (Phi) is 7.03. The Morgan fingerprint density at radius 2 is 1.63 bits per heavy atom. The molecule has 0 aliphatic carbocycles. The maximum Gasteiger partial charge on any atom is 0.186 e. The number of thiocyanates is 1.